The number of unbranched alkanes of at least 4 members (excludes halogenated alkanes) is 9. The zero-order valence-corrected chi connectivity index (χ0v) is 12.4. The minimum atomic E-state index is -0.0657. The highest BCUT2D eigenvalue weighted by Crippen LogP contribution is 2.13. The molecule has 2 N–H and O–H groups in total. The van der Waals surface area contributed by atoms with Crippen LogP contribution < -0.4 is 0 Å². The van der Waals surface area contributed by atoms with E-state index in [1.165, 1.54) is 51.4 Å². The van der Waals surface area contributed by atoms with E-state index >= 15 is 0 Å². The summed E-state index contributed by atoms with van der Waals surface area (Å²) >= 11 is 0. The van der Waals surface area contributed by atoms with Crippen LogP contribution in [0.3, 0.4) is 0 Å². The molecule has 0 heterocycles. The number of aliphatic hydroxyl groups excluding tert-OH is 2. The lowest BCUT2D eigenvalue weighted by Gasteiger charge is -2.10. The van der Waals surface area contributed by atoms with Crippen molar-refractivity contribution in [2.45, 2.75) is 96.5 Å². The Labute approximate surface area is 114 Å². The van der Waals surface area contributed by atoms with Gasteiger partial charge in [0.05, 0.1) is 6.10 Å². The predicted molar refractivity (Wildman–Crippen MR) is 78.8 cm³/mol. The van der Waals surface area contributed by atoms with Gasteiger partial charge in [0.2, 0.25) is 0 Å². The van der Waals surface area contributed by atoms with Gasteiger partial charge in [0.15, 0.2) is 0 Å². The van der Waals surface area contributed by atoms with Crippen molar-refractivity contribution in [2.75, 3.05) is 6.61 Å². The zero-order chi connectivity index (χ0) is 13.5. The summed E-state index contributed by atoms with van der Waals surface area (Å²) < 4.78 is 0. The van der Waals surface area contributed by atoms with Gasteiger partial charge >= 0.3 is 0 Å². The summed E-state index contributed by atoms with van der Waals surface area (Å²) in [5.74, 6) is 0. The van der Waals surface area contributed by atoms with E-state index < -0.39 is 0 Å². The molecule has 0 amide bonds. The van der Waals surface area contributed by atoms with Crippen LogP contribution in [0.4, 0.5) is 0 Å². The number of hydrogen-bond donors (Lipinski definition) is 2. The third-order valence-electron chi connectivity index (χ3n) is 3.59. The van der Waals surface area contributed by atoms with E-state index in [4.69, 9.17) is 5.11 Å². The highest BCUT2D eigenvalue weighted by Gasteiger charge is 2.03. The SMILES string of the molecule is CCCCCCCC(O)CCCCCCCCO. The van der Waals surface area contributed by atoms with Crippen LogP contribution in [0, 0.1) is 0 Å². The Hall–Kier alpha value is -0.0800. The first-order chi connectivity index (χ1) is 8.81. The average Bonchev–Trinajstić information content (AvgIpc) is 2.37. The molecule has 0 aliphatic heterocycles. The van der Waals surface area contributed by atoms with Crippen molar-refractivity contribution >= 4 is 0 Å². The van der Waals surface area contributed by atoms with E-state index in [0.29, 0.717) is 6.61 Å². The third-order valence-corrected chi connectivity index (χ3v) is 3.59. The predicted octanol–water partition coefficient (Wildman–Crippen LogP) is 4.43. The van der Waals surface area contributed by atoms with E-state index in [9.17, 15) is 5.11 Å². The van der Waals surface area contributed by atoms with Crippen LogP contribution in [-0.2, 0) is 0 Å². The summed E-state index contributed by atoms with van der Waals surface area (Å²) in [6.45, 7) is 2.56. The molecule has 0 spiro atoms. The first-order valence-electron chi connectivity index (χ1n) is 8.10. The fraction of sp³-hybridized carbons (Fsp3) is 1.00. The Morgan fingerprint density at radius 3 is 1.61 bits per heavy atom. The lowest BCUT2D eigenvalue weighted by atomic mass is 10.0. The van der Waals surface area contributed by atoms with Crippen LogP contribution in [0.1, 0.15) is 90.4 Å². The maximum atomic E-state index is 9.81. The average molecular weight is 258 g/mol. The minimum Gasteiger partial charge on any atom is -0.396 e. The Balaban J connectivity index is 3.09. The maximum absolute atomic E-state index is 9.81. The van der Waals surface area contributed by atoms with Crippen molar-refractivity contribution in [1.82, 2.24) is 0 Å². The molecule has 2 heteroatoms. The van der Waals surface area contributed by atoms with E-state index in [-0.39, 0.29) is 6.10 Å². The molecule has 0 aliphatic carbocycles. The van der Waals surface area contributed by atoms with Crippen LogP contribution in [0.25, 0.3) is 0 Å². The third kappa shape index (κ3) is 14.0. The Morgan fingerprint density at radius 1 is 0.667 bits per heavy atom. The van der Waals surface area contributed by atoms with Crippen LogP contribution in [0.5, 0.6) is 0 Å². The van der Waals surface area contributed by atoms with Gasteiger partial charge in [-0.25, -0.2) is 0 Å². The summed E-state index contributed by atoms with van der Waals surface area (Å²) in [5, 5.41) is 18.5. The van der Waals surface area contributed by atoms with Gasteiger partial charge in [-0.2, -0.15) is 0 Å². The Bertz CT molecular complexity index is 148. The van der Waals surface area contributed by atoms with Crippen LogP contribution in [0.15, 0.2) is 0 Å². The second-order valence-corrected chi connectivity index (χ2v) is 5.49. The molecule has 0 bridgehead atoms. The van der Waals surface area contributed by atoms with Crippen molar-refractivity contribution in [2.24, 2.45) is 0 Å². The lowest BCUT2D eigenvalue weighted by Crippen LogP contribution is -2.05. The second kappa shape index (κ2) is 15.0. The molecule has 0 radical (unpaired) electrons. The highest BCUT2D eigenvalue weighted by molar-refractivity contribution is 4.57. The number of hydrogen-bond acceptors (Lipinski definition) is 2. The summed E-state index contributed by atoms with van der Waals surface area (Å²) in [4.78, 5) is 0. The van der Waals surface area contributed by atoms with Gasteiger partial charge < -0.3 is 10.2 Å². The molecule has 18 heavy (non-hydrogen) atoms. The zero-order valence-electron chi connectivity index (χ0n) is 12.4. The fourth-order valence-electron chi connectivity index (χ4n) is 2.33. The molecule has 0 aromatic heterocycles. The highest BCUT2D eigenvalue weighted by atomic mass is 16.3. The van der Waals surface area contributed by atoms with Gasteiger partial charge in [-0.05, 0) is 19.3 Å². The van der Waals surface area contributed by atoms with Crippen molar-refractivity contribution in [3.05, 3.63) is 0 Å². The molecular formula is C16H34O2. The number of rotatable bonds is 14. The molecule has 110 valence electrons. The van der Waals surface area contributed by atoms with Crippen molar-refractivity contribution < 1.29 is 10.2 Å². The first kappa shape index (κ1) is 17.9. The second-order valence-electron chi connectivity index (χ2n) is 5.49. The van der Waals surface area contributed by atoms with Gasteiger partial charge in [0.25, 0.3) is 0 Å². The molecule has 2 nitrogen and oxygen atoms in total. The molecule has 1 atom stereocenters. The summed E-state index contributed by atoms with van der Waals surface area (Å²) in [7, 11) is 0. The van der Waals surface area contributed by atoms with Gasteiger partial charge in [-0.15, -0.1) is 0 Å². The van der Waals surface area contributed by atoms with Gasteiger partial charge in [-0.3, -0.25) is 0 Å². The van der Waals surface area contributed by atoms with E-state index in [1.54, 1.807) is 0 Å². The standard InChI is InChI=1S/C16H34O2/c1-2-3-4-7-10-13-16(18)14-11-8-5-6-9-12-15-17/h16-18H,2-15H2,1H3. The summed E-state index contributed by atoms with van der Waals surface area (Å²) in [5.41, 5.74) is 0. The quantitative estimate of drug-likeness (QED) is 0.452. The number of aliphatic hydroxyl groups is 2. The molecule has 1 unspecified atom stereocenters. The van der Waals surface area contributed by atoms with Crippen LogP contribution >= 0.6 is 0 Å². The Kier molecular flexibility index (Phi) is 14.9. The molecule has 0 fully saturated rings. The largest absolute Gasteiger partial charge is 0.396 e. The summed E-state index contributed by atoms with van der Waals surface area (Å²) in [6, 6.07) is 0. The normalized spacial score (nSPS) is 12.8. The van der Waals surface area contributed by atoms with Gasteiger partial charge in [-0.1, -0.05) is 71.1 Å². The monoisotopic (exact) mass is 258 g/mol. The smallest absolute Gasteiger partial charge is 0.0540 e. The lowest BCUT2D eigenvalue weighted by molar-refractivity contribution is 0.147. The summed E-state index contributed by atoms with van der Waals surface area (Å²) in [6.07, 6.45) is 15.3. The maximum Gasteiger partial charge on any atom is 0.0540 e. The van der Waals surface area contributed by atoms with E-state index in [2.05, 4.69) is 6.92 Å². The molecule has 0 aromatic carbocycles. The molecule has 0 aliphatic rings. The van der Waals surface area contributed by atoms with Crippen molar-refractivity contribution in [3.8, 4) is 0 Å². The topological polar surface area (TPSA) is 40.5 Å². The van der Waals surface area contributed by atoms with Gasteiger partial charge in [0, 0.05) is 6.61 Å². The Morgan fingerprint density at radius 2 is 1.11 bits per heavy atom. The van der Waals surface area contributed by atoms with Crippen molar-refractivity contribution in [1.29, 1.82) is 0 Å². The van der Waals surface area contributed by atoms with Crippen LogP contribution in [0.2, 0.25) is 0 Å². The first-order valence-corrected chi connectivity index (χ1v) is 8.10. The van der Waals surface area contributed by atoms with Gasteiger partial charge in [0.1, 0.15) is 0 Å². The molecule has 0 aromatic rings. The van der Waals surface area contributed by atoms with Crippen LogP contribution in [-0.4, -0.2) is 22.9 Å². The molecular weight excluding hydrogens is 224 g/mol. The van der Waals surface area contributed by atoms with Crippen molar-refractivity contribution in [3.63, 3.8) is 0 Å². The molecule has 0 saturated heterocycles. The minimum absolute atomic E-state index is 0.0657. The van der Waals surface area contributed by atoms with E-state index in [0.717, 1.165) is 32.1 Å². The van der Waals surface area contributed by atoms with E-state index in [1.807, 2.05) is 0 Å². The fourth-order valence-corrected chi connectivity index (χ4v) is 2.33. The molecule has 0 saturated carbocycles. The molecule has 0 rings (SSSR count).